The minimum Gasteiger partial charge on any atom is -0.480 e. The van der Waals surface area contributed by atoms with Gasteiger partial charge in [-0.15, -0.1) is 0 Å². The van der Waals surface area contributed by atoms with Crippen molar-refractivity contribution in [3.05, 3.63) is 35.9 Å². The summed E-state index contributed by atoms with van der Waals surface area (Å²) in [5, 5.41) is 0.565. The number of aliphatic imine (C=N–C) groups is 1. The molecule has 1 aromatic carbocycles. The molecule has 4 heteroatoms. The van der Waals surface area contributed by atoms with E-state index in [0.717, 1.165) is 18.7 Å². The zero-order valence-corrected chi connectivity index (χ0v) is 11.3. The number of benzene rings is 1. The minimum absolute atomic E-state index is 0.558. The first-order valence-electron chi connectivity index (χ1n) is 5.69. The lowest BCUT2D eigenvalue weighted by molar-refractivity contribution is 0.403. The van der Waals surface area contributed by atoms with Gasteiger partial charge in [0.1, 0.15) is 0 Å². The highest BCUT2D eigenvalue weighted by Gasteiger charge is 2.08. The highest BCUT2D eigenvalue weighted by atomic mass is 32.1. The van der Waals surface area contributed by atoms with Gasteiger partial charge < -0.3 is 9.64 Å². The molecule has 3 nitrogen and oxygen atoms in total. The normalized spacial score (nSPS) is 11.1. The predicted molar refractivity (Wildman–Crippen MR) is 75.5 cm³/mol. The summed E-state index contributed by atoms with van der Waals surface area (Å²) in [6, 6.07) is 9.76. The van der Waals surface area contributed by atoms with Crippen LogP contribution in [0.5, 0.6) is 0 Å². The van der Waals surface area contributed by atoms with E-state index >= 15 is 0 Å². The quantitative estimate of drug-likeness (QED) is 0.468. The Balaban J connectivity index is 2.91. The van der Waals surface area contributed by atoms with Crippen LogP contribution in [0.15, 0.2) is 35.3 Å². The van der Waals surface area contributed by atoms with Crippen LogP contribution in [-0.2, 0) is 4.74 Å². The van der Waals surface area contributed by atoms with E-state index in [2.05, 4.69) is 18.8 Å². The summed E-state index contributed by atoms with van der Waals surface area (Å²) in [6.45, 7) is 5.82. The van der Waals surface area contributed by atoms with Gasteiger partial charge in [0.25, 0.3) is 0 Å². The molecule has 17 heavy (non-hydrogen) atoms. The molecule has 0 amide bonds. The number of rotatable bonds is 3. The van der Waals surface area contributed by atoms with E-state index in [1.807, 2.05) is 35.2 Å². The van der Waals surface area contributed by atoms with Crippen LogP contribution in [0.1, 0.15) is 19.4 Å². The van der Waals surface area contributed by atoms with E-state index in [1.54, 1.807) is 7.11 Å². The van der Waals surface area contributed by atoms with E-state index in [0.29, 0.717) is 11.0 Å². The van der Waals surface area contributed by atoms with Gasteiger partial charge in [-0.2, -0.15) is 4.99 Å². The maximum Gasteiger partial charge on any atom is 0.223 e. The third-order valence-corrected chi connectivity index (χ3v) is 2.79. The Morgan fingerprint density at radius 2 is 1.82 bits per heavy atom. The summed E-state index contributed by atoms with van der Waals surface area (Å²) in [6.07, 6.45) is 0. The molecule has 0 heterocycles. The second kappa shape index (κ2) is 7.01. The van der Waals surface area contributed by atoms with Crippen molar-refractivity contribution in [1.82, 2.24) is 4.90 Å². The maximum atomic E-state index is 5.28. The van der Waals surface area contributed by atoms with Crippen LogP contribution in [0.3, 0.4) is 0 Å². The summed E-state index contributed by atoms with van der Waals surface area (Å²) in [4.78, 5) is 6.37. The summed E-state index contributed by atoms with van der Waals surface area (Å²) < 4.78 is 5.28. The minimum atomic E-state index is 0.558. The number of thiocarbonyl (C=S) groups is 1. The van der Waals surface area contributed by atoms with Crippen molar-refractivity contribution in [1.29, 1.82) is 0 Å². The van der Waals surface area contributed by atoms with Crippen LogP contribution in [0.2, 0.25) is 0 Å². The lowest BCUT2D eigenvalue weighted by atomic mass is 10.2. The Morgan fingerprint density at radius 1 is 1.24 bits per heavy atom. The highest BCUT2D eigenvalue weighted by Crippen LogP contribution is 2.04. The van der Waals surface area contributed by atoms with Gasteiger partial charge in [0.05, 0.1) is 7.11 Å². The molecule has 0 saturated carbocycles. The van der Waals surface area contributed by atoms with Gasteiger partial charge in [0.2, 0.25) is 5.90 Å². The van der Waals surface area contributed by atoms with Gasteiger partial charge in [-0.3, -0.25) is 0 Å². The molecule has 0 aliphatic rings. The average molecular weight is 250 g/mol. The van der Waals surface area contributed by atoms with Crippen LogP contribution < -0.4 is 0 Å². The van der Waals surface area contributed by atoms with Crippen LogP contribution in [-0.4, -0.2) is 36.1 Å². The molecule has 0 N–H and O–H groups in total. The summed E-state index contributed by atoms with van der Waals surface area (Å²) in [7, 11) is 1.61. The number of methoxy groups -OCH3 is 1. The first-order valence-corrected chi connectivity index (χ1v) is 6.10. The molecule has 0 spiro atoms. The van der Waals surface area contributed by atoms with Crippen molar-refractivity contribution in [3.63, 3.8) is 0 Å². The Hall–Kier alpha value is -1.42. The molecule has 1 aromatic rings. The van der Waals surface area contributed by atoms with Crippen molar-refractivity contribution in [3.8, 4) is 0 Å². The zero-order valence-electron chi connectivity index (χ0n) is 10.5. The van der Waals surface area contributed by atoms with E-state index in [4.69, 9.17) is 17.0 Å². The van der Waals surface area contributed by atoms with Gasteiger partial charge >= 0.3 is 0 Å². The fourth-order valence-electron chi connectivity index (χ4n) is 1.46. The third kappa shape index (κ3) is 3.82. The monoisotopic (exact) mass is 250 g/mol. The molecule has 1 rings (SSSR count). The van der Waals surface area contributed by atoms with Crippen molar-refractivity contribution in [2.24, 2.45) is 4.99 Å². The van der Waals surface area contributed by atoms with E-state index in [9.17, 15) is 0 Å². The van der Waals surface area contributed by atoms with Gasteiger partial charge in [-0.05, 0) is 38.2 Å². The van der Waals surface area contributed by atoms with Crippen LogP contribution in [0.4, 0.5) is 0 Å². The molecule has 0 aliphatic heterocycles. The molecular formula is C13H18N2OS. The fourth-order valence-corrected chi connectivity index (χ4v) is 1.80. The molecule has 0 aromatic heterocycles. The Morgan fingerprint density at radius 3 is 2.29 bits per heavy atom. The Bertz CT molecular complexity index is 386. The topological polar surface area (TPSA) is 24.8 Å². The van der Waals surface area contributed by atoms with Crippen molar-refractivity contribution in [2.75, 3.05) is 20.2 Å². The number of hydrogen-bond donors (Lipinski definition) is 0. The smallest absolute Gasteiger partial charge is 0.223 e. The first kappa shape index (κ1) is 13.6. The van der Waals surface area contributed by atoms with Crippen LogP contribution in [0.25, 0.3) is 0 Å². The average Bonchev–Trinajstić information content (AvgIpc) is 2.38. The second-order valence-corrected chi connectivity index (χ2v) is 3.81. The number of hydrogen-bond acceptors (Lipinski definition) is 2. The lowest BCUT2D eigenvalue weighted by Gasteiger charge is -2.18. The van der Waals surface area contributed by atoms with Gasteiger partial charge in [0.15, 0.2) is 5.11 Å². The van der Waals surface area contributed by atoms with Gasteiger partial charge in [-0.1, -0.05) is 18.2 Å². The maximum absolute atomic E-state index is 5.28. The number of nitrogens with zero attached hydrogens (tertiary/aromatic N) is 2. The Labute approximate surface area is 108 Å². The van der Waals surface area contributed by atoms with Crippen LogP contribution in [0, 0.1) is 0 Å². The predicted octanol–water partition coefficient (Wildman–Crippen LogP) is 2.71. The highest BCUT2D eigenvalue weighted by molar-refractivity contribution is 7.80. The van der Waals surface area contributed by atoms with Crippen molar-refractivity contribution >= 4 is 23.2 Å². The summed E-state index contributed by atoms with van der Waals surface area (Å²) in [5.74, 6) is 0.558. The molecule has 0 fully saturated rings. The molecule has 0 radical (unpaired) electrons. The van der Waals surface area contributed by atoms with Crippen molar-refractivity contribution in [2.45, 2.75) is 13.8 Å². The van der Waals surface area contributed by atoms with Gasteiger partial charge in [-0.25, -0.2) is 0 Å². The molecule has 0 unspecified atom stereocenters. The van der Waals surface area contributed by atoms with E-state index < -0.39 is 0 Å². The lowest BCUT2D eigenvalue weighted by Crippen LogP contribution is -2.28. The fraction of sp³-hybridized carbons (Fsp3) is 0.385. The molecule has 0 atom stereocenters. The largest absolute Gasteiger partial charge is 0.480 e. The van der Waals surface area contributed by atoms with E-state index in [1.165, 1.54) is 0 Å². The second-order valence-electron chi connectivity index (χ2n) is 3.44. The van der Waals surface area contributed by atoms with Crippen LogP contribution >= 0.6 is 12.2 Å². The summed E-state index contributed by atoms with van der Waals surface area (Å²) in [5.41, 5.74) is 0.935. The third-order valence-electron chi connectivity index (χ3n) is 2.45. The van der Waals surface area contributed by atoms with Crippen molar-refractivity contribution < 1.29 is 4.74 Å². The molecule has 0 saturated heterocycles. The molecule has 0 aliphatic carbocycles. The molecular weight excluding hydrogens is 232 g/mol. The van der Waals surface area contributed by atoms with E-state index in [-0.39, 0.29) is 0 Å². The SMILES string of the molecule is CCN(CC)C(=S)/N=C(\OC)c1ccccc1. The molecule has 0 bridgehead atoms. The standard InChI is InChI=1S/C13H18N2OS/c1-4-15(5-2)13(17)14-12(16-3)11-9-7-6-8-10-11/h6-10H,4-5H2,1-3H3/b14-12-. The number of ether oxygens (including phenoxy) is 1. The zero-order chi connectivity index (χ0) is 12.7. The summed E-state index contributed by atoms with van der Waals surface area (Å²) >= 11 is 5.27. The molecule has 92 valence electrons. The first-order chi connectivity index (χ1) is 8.22. The Kier molecular flexibility index (Phi) is 5.63. The van der Waals surface area contributed by atoms with Gasteiger partial charge in [0, 0.05) is 18.7 Å².